The Kier molecular flexibility index (Phi) is 8.02. The Labute approximate surface area is 219 Å². The summed E-state index contributed by atoms with van der Waals surface area (Å²) in [4.78, 5) is 49.9. The summed E-state index contributed by atoms with van der Waals surface area (Å²) < 4.78 is 6.34. The lowest BCUT2D eigenvalue weighted by Gasteiger charge is -2.20. The number of aromatic nitrogens is 4. The molecule has 0 fully saturated rings. The molecule has 0 aliphatic heterocycles. The Hall–Kier alpha value is -4.31. The van der Waals surface area contributed by atoms with Crippen LogP contribution in [-0.4, -0.2) is 44.8 Å². The van der Waals surface area contributed by atoms with Gasteiger partial charge in [0.2, 0.25) is 0 Å². The van der Waals surface area contributed by atoms with Crippen LogP contribution < -0.4 is 11.3 Å². The van der Waals surface area contributed by atoms with Gasteiger partial charge in [0.05, 0.1) is 20.1 Å². The van der Waals surface area contributed by atoms with Gasteiger partial charge >= 0.3 is 5.76 Å². The number of hydrogen-bond acceptors (Lipinski definition) is 7. The number of amides is 1. The molecular formula is C28H31N5O5. The van der Waals surface area contributed by atoms with Crippen LogP contribution in [0.2, 0.25) is 0 Å². The van der Waals surface area contributed by atoms with E-state index in [4.69, 9.17) is 9.82 Å². The summed E-state index contributed by atoms with van der Waals surface area (Å²) in [5.74, 6) is 0.161. The van der Waals surface area contributed by atoms with E-state index in [2.05, 4.69) is 21.6 Å². The second-order valence-electron chi connectivity index (χ2n) is 9.17. The fraction of sp³-hybridized carbons (Fsp3) is 0.321. The van der Waals surface area contributed by atoms with Gasteiger partial charge in [0.15, 0.2) is 5.82 Å². The Morgan fingerprint density at radius 2 is 1.82 bits per heavy atom. The van der Waals surface area contributed by atoms with Gasteiger partial charge in [-0.3, -0.25) is 28.5 Å². The minimum Gasteiger partial charge on any atom is -0.296 e. The number of carbonyl (C=O) groups is 1. The maximum absolute atomic E-state index is 13.6. The van der Waals surface area contributed by atoms with E-state index in [1.54, 1.807) is 11.5 Å². The summed E-state index contributed by atoms with van der Waals surface area (Å²) in [7, 11) is 2.91. The Morgan fingerprint density at radius 3 is 2.42 bits per heavy atom. The summed E-state index contributed by atoms with van der Waals surface area (Å²) in [6.07, 6.45) is 0.721. The Balaban J connectivity index is 1.70. The van der Waals surface area contributed by atoms with Gasteiger partial charge in [0.1, 0.15) is 5.82 Å². The highest BCUT2D eigenvalue weighted by Gasteiger charge is 2.21. The van der Waals surface area contributed by atoms with E-state index in [-0.39, 0.29) is 23.8 Å². The fourth-order valence-corrected chi connectivity index (χ4v) is 4.26. The molecule has 2 aromatic heterocycles. The molecule has 10 nitrogen and oxygen atoms in total. The topological polar surface area (TPSA) is 123 Å². The molecule has 0 bridgehead atoms. The van der Waals surface area contributed by atoms with Crippen LogP contribution in [0.3, 0.4) is 0 Å². The number of aromatic amines is 1. The van der Waals surface area contributed by atoms with Crippen molar-refractivity contribution in [3.63, 3.8) is 0 Å². The molecule has 0 radical (unpaired) electrons. The van der Waals surface area contributed by atoms with Crippen LogP contribution in [0.5, 0.6) is 0 Å². The van der Waals surface area contributed by atoms with Crippen molar-refractivity contribution >= 4 is 5.91 Å². The largest absolute Gasteiger partial charge is 0.439 e. The maximum atomic E-state index is 13.6. The number of rotatable bonds is 9. The number of nitrogens with zero attached hydrogens (tertiary/aromatic N) is 4. The first-order valence-electron chi connectivity index (χ1n) is 12.4. The molecule has 10 heteroatoms. The van der Waals surface area contributed by atoms with E-state index >= 15 is 0 Å². The zero-order chi connectivity index (χ0) is 27.4. The first-order valence-corrected chi connectivity index (χ1v) is 12.4. The van der Waals surface area contributed by atoms with Gasteiger partial charge < -0.3 is 0 Å². The molecule has 198 valence electrons. The van der Waals surface area contributed by atoms with Crippen molar-refractivity contribution in [2.75, 3.05) is 14.2 Å². The number of H-pyrrole nitrogens is 1. The standard InChI is InChI=1S/C28H31N5O5/c1-6-17(2)26-29-18(3)23(15-24(34)32(4)37-5)27(35)33(26)16-19-11-13-20(14-12-19)21-9-7-8-10-22(21)25-30-28(36)38-31-25/h7-14,17H,6,15-16H2,1-5H3,(H,30,31,36). The molecule has 4 aromatic rings. The van der Waals surface area contributed by atoms with E-state index < -0.39 is 5.76 Å². The minimum atomic E-state index is -0.616. The van der Waals surface area contributed by atoms with Crippen molar-refractivity contribution < 1.29 is 14.2 Å². The fourth-order valence-electron chi connectivity index (χ4n) is 4.26. The van der Waals surface area contributed by atoms with Gasteiger partial charge in [-0.1, -0.05) is 67.5 Å². The molecule has 1 unspecified atom stereocenters. The van der Waals surface area contributed by atoms with Gasteiger partial charge in [0, 0.05) is 29.8 Å². The van der Waals surface area contributed by atoms with Crippen LogP contribution in [0.4, 0.5) is 0 Å². The van der Waals surface area contributed by atoms with E-state index in [0.29, 0.717) is 29.5 Å². The Bertz CT molecular complexity index is 1550. The van der Waals surface area contributed by atoms with E-state index in [1.165, 1.54) is 14.2 Å². The molecule has 0 spiro atoms. The molecule has 1 amide bonds. The lowest BCUT2D eigenvalue weighted by Crippen LogP contribution is -2.35. The number of hydrogen-bond donors (Lipinski definition) is 1. The number of benzene rings is 2. The van der Waals surface area contributed by atoms with Crippen molar-refractivity contribution in [1.82, 2.24) is 24.8 Å². The summed E-state index contributed by atoms with van der Waals surface area (Å²) in [5, 5.41) is 4.93. The highest BCUT2D eigenvalue weighted by Crippen LogP contribution is 2.30. The van der Waals surface area contributed by atoms with Gasteiger partial charge in [-0.05, 0) is 30.0 Å². The number of aryl methyl sites for hydroxylation is 1. The minimum absolute atomic E-state index is 0.0589. The highest BCUT2D eigenvalue weighted by molar-refractivity contribution is 5.80. The molecule has 0 aliphatic rings. The predicted molar refractivity (Wildman–Crippen MR) is 143 cm³/mol. The van der Waals surface area contributed by atoms with Crippen molar-refractivity contribution in [3.8, 4) is 22.5 Å². The molecule has 0 aliphatic carbocycles. The number of carbonyl (C=O) groups excluding carboxylic acids is 1. The predicted octanol–water partition coefficient (Wildman–Crippen LogP) is 3.69. The van der Waals surface area contributed by atoms with Crippen molar-refractivity contribution in [2.45, 2.75) is 46.1 Å². The van der Waals surface area contributed by atoms with Crippen molar-refractivity contribution in [1.29, 1.82) is 0 Å². The van der Waals surface area contributed by atoms with Crippen LogP contribution >= 0.6 is 0 Å². The molecule has 0 saturated heterocycles. The Morgan fingerprint density at radius 1 is 1.13 bits per heavy atom. The number of likely N-dealkylation sites (N-methyl/N-ethyl adjacent to an activating group) is 1. The summed E-state index contributed by atoms with van der Waals surface area (Å²) in [5.41, 5.74) is 4.12. The second-order valence-corrected chi connectivity index (χ2v) is 9.17. The van der Waals surface area contributed by atoms with Crippen LogP contribution in [-0.2, 0) is 22.6 Å². The van der Waals surface area contributed by atoms with Crippen molar-refractivity contribution in [3.05, 3.63) is 92.1 Å². The van der Waals surface area contributed by atoms with E-state index in [0.717, 1.165) is 33.7 Å². The monoisotopic (exact) mass is 517 g/mol. The normalized spacial score (nSPS) is 11.9. The molecule has 0 saturated carbocycles. The smallest absolute Gasteiger partial charge is 0.296 e. The molecule has 1 atom stereocenters. The second kappa shape index (κ2) is 11.4. The molecular weight excluding hydrogens is 486 g/mol. The highest BCUT2D eigenvalue weighted by atomic mass is 16.7. The molecule has 1 N–H and O–H groups in total. The average Bonchev–Trinajstić information content (AvgIpc) is 3.37. The van der Waals surface area contributed by atoms with Crippen molar-refractivity contribution in [2.24, 2.45) is 0 Å². The lowest BCUT2D eigenvalue weighted by atomic mass is 9.98. The molecule has 4 rings (SSSR count). The zero-order valence-corrected chi connectivity index (χ0v) is 22.1. The van der Waals surface area contributed by atoms with Crippen LogP contribution in [0.1, 0.15) is 48.8 Å². The first-order chi connectivity index (χ1) is 18.2. The van der Waals surface area contributed by atoms with Gasteiger partial charge in [-0.25, -0.2) is 14.8 Å². The van der Waals surface area contributed by atoms with Gasteiger partial charge in [-0.2, -0.15) is 0 Å². The van der Waals surface area contributed by atoms with E-state index in [1.807, 2.05) is 55.5 Å². The van der Waals surface area contributed by atoms with Crippen LogP contribution in [0.25, 0.3) is 22.5 Å². The SMILES string of the molecule is CCC(C)c1nc(C)c(CC(=O)N(C)OC)c(=O)n1Cc1ccc(-c2ccccc2-c2noc(=O)[nH]2)cc1. The third-order valence-electron chi connectivity index (χ3n) is 6.73. The molecule has 2 heterocycles. The third kappa shape index (κ3) is 5.50. The summed E-state index contributed by atoms with van der Waals surface area (Å²) in [6, 6.07) is 15.4. The van der Waals surface area contributed by atoms with Gasteiger partial charge in [-0.15, -0.1) is 0 Å². The van der Waals surface area contributed by atoms with Crippen LogP contribution in [0, 0.1) is 6.92 Å². The van der Waals surface area contributed by atoms with Gasteiger partial charge in [0.25, 0.3) is 11.5 Å². The van der Waals surface area contributed by atoms with Crippen LogP contribution in [0.15, 0.2) is 62.6 Å². The summed E-state index contributed by atoms with van der Waals surface area (Å²) in [6.45, 7) is 6.17. The lowest BCUT2D eigenvalue weighted by molar-refractivity contribution is -0.167. The number of hydroxylamine groups is 2. The zero-order valence-electron chi connectivity index (χ0n) is 22.1. The molecule has 38 heavy (non-hydrogen) atoms. The van der Waals surface area contributed by atoms with E-state index in [9.17, 15) is 14.4 Å². The molecule has 2 aromatic carbocycles. The maximum Gasteiger partial charge on any atom is 0.439 e. The third-order valence-corrected chi connectivity index (χ3v) is 6.73. The summed E-state index contributed by atoms with van der Waals surface area (Å²) >= 11 is 0. The average molecular weight is 518 g/mol. The quantitative estimate of drug-likeness (QED) is 0.336. The number of nitrogens with one attached hydrogen (secondary N) is 1. The first kappa shape index (κ1) is 26.7.